The minimum atomic E-state index is -0.862. The first-order chi connectivity index (χ1) is 3.80. The summed E-state index contributed by atoms with van der Waals surface area (Å²) in [6.45, 7) is 0.553. The van der Waals surface area contributed by atoms with Gasteiger partial charge < -0.3 is 10.4 Å². The summed E-state index contributed by atoms with van der Waals surface area (Å²) in [5.41, 5.74) is 0. The summed E-state index contributed by atoms with van der Waals surface area (Å²) in [5.74, 6) is -0.862. The van der Waals surface area contributed by atoms with E-state index in [0.29, 0.717) is 6.54 Å². The molecular weight excluding hydrogens is 145 g/mol. The van der Waals surface area contributed by atoms with Gasteiger partial charge in [-0.15, -0.1) is 12.6 Å². The van der Waals surface area contributed by atoms with Gasteiger partial charge in [0.2, 0.25) is 0 Å². The maximum absolute atomic E-state index is 10.1. The first-order valence-electron chi connectivity index (χ1n) is 2.37. The van der Waals surface area contributed by atoms with Gasteiger partial charge in [-0.3, -0.25) is 4.79 Å². The Morgan fingerprint density at radius 2 is 2.44 bits per heavy atom. The Kier molecular flexibility index (Phi) is 5.01. The van der Waals surface area contributed by atoms with E-state index in [1.54, 1.807) is 12.2 Å². The molecule has 3 nitrogen and oxygen atoms in total. The van der Waals surface area contributed by atoms with Crippen molar-refractivity contribution in [2.24, 2.45) is 0 Å². The third-order valence-corrected chi connectivity index (χ3v) is 0.979. The summed E-state index contributed by atoms with van der Waals surface area (Å²) in [6, 6.07) is -0.574. The van der Waals surface area contributed by atoms with Crippen molar-refractivity contribution in [1.29, 1.82) is 0 Å². The molecule has 0 aromatic carbocycles. The molecule has 0 saturated carbocycles. The molecule has 1 rings (SSSR count). The third-order valence-electron chi connectivity index (χ3n) is 0.979. The summed E-state index contributed by atoms with van der Waals surface area (Å²) in [5, 5.41) is 12.0. The Labute approximate surface area is 95.9 Å². The van der Waals surface area contributed by atoms with E-state index >= 15 is 0 Å². The van der Waals surface area contributed by atoms with E-state index < -0.39 is 12.0 Å². The zero-order valence-electron chi connectivity index (χ0n) is 5.24. The van der Waals surface area contributed by atoms with Crippen LogP contribution in [0, 0.1) is 0 Å². The van der Waals surface area contributed by atoms with Crippen LogP contribution in [0.15, 0.2) is 12.2 Å². The van der Waals surface area contributed by atoms with E-state index in [9.17, 15) is 4.79 Å². The van der Waals surface area contributed by atoms with Crippen LogP contribution in [-0.2, 0) is 4.79 Å². The molecule has 1 heterocycles. The largest absolute Gasteiger partial charge is 1.00 e. The molecular formula is C5H6KNO2. The van der Waals surface area contributed by atoms with Crippen molar-refractivity contribution in [3.05, 3.63) is 17.5 Å². The van der Waals surface area contributed by atoms with Gasteiger partial charge in [-0.25, -0.2) is 0 Å². The number of rotatable bonds is 1. The fraction of sp³-hybridized carbons (Fsp3) is 0.400. The molecule has 0 amide bonds. The average molecular weight is 151 g/mol. The molecule has 0 aliphatic carbocycles. The van der Waals surface area contributed by atoms with Gasteiger partial charge in [-0.1, -0.05) is 6.08 Å². The summed E-state index contributed by atoms with van der Waals surface area (Å²) in [6.07, 6.45) is 3.33. The van der Waals surface area contributed by atoms with Gasteiger partial charge in [0.05, 0.1) is 0 Å². The fourth-order valence-electron chi connectivity index (χ4n) is 0.585. The standard InChI is InChI=1S/C5H6NO2.K/c7-5(8)4-2-1-3-6-4;/h1-2,4H,3H2,(H,7,8);/q-1;+1. The number of hydrogen-bond acceptors (Lipinski definition) is 1. The normalized spacial score (nSPS) is 23.3. The summed E-state index contributed by atoms with van der Waals surface area (Å²) >= 11 is 0. The van der Waals surface area contributed by atoms with Crippen LogP contribution >= 0.6 is 0 Å². The van der Waals surface area contributed by atoms with Crippen molar-refractivity contribution in [3.8, 4) is 0 Å². The smallest absolute Gasteiger partial charge is 0.644 e. The van der Waals surface area contributed by atoms with E-state index in [-0.39, 0.29) is 51.4 Å². The second-order valence-electron chi connectivity index (χ2n) is 1.58. The molecule has 1 unspecified atom stereocenters. The van der Waals surface area contributed by atoms with Gasteiger partial charge in [-0.05, 0) is 6.04 Å². The van der Waals surface area contributed by atoms with Crippen molar-refractivity contribution in [2.75, 3.05) is 6.54 Å². The first kappa shape index (κ1) is 9.81. The maximum atomic E-state index is 10.1. The van der Waals surface area contributed by atoms with Crippen LogP contribution < -0.4 is 51.4 Å². The molecule has 0 aromatic rings. The van der Waals surface area contributed by atoms with Gasteiger partial charge in [0.15, 0.2) is 0 Å². The van der Waals surface area contributed by atoms with E-state index in [4.69, 9.17) is 5.11 Å². The van der Waals surface area contributed by atoms with E-state index in [1.165, 1.54) is 0 Å². The van der Waals surface area contributed by atoms with E-state index in [1.807, 2.05) is 0 Å². The van der Waals surface area contributed by atoms with Gasteiger partial charge >= 0.3 is 51.4 Å². The average Bonchev–Trinajstić information content (AvgIpc) is 2.12. The minimum Gasteiger partial charge on any atom is -0.644 e. The Morgan fingerprint density at radius 3 is 2.67 bits per heavy atom. The van der Waals surface area contributed by atoms with Crippen LogP contribution in [0.4, 0.5) is 0 Å². The SMILES string of the molecule is O=C(O)C1C=CC[N-]1.[K+]. The second kappa shape index (κ2) is 4.60. The first-order valence-corrected chi connectivity index (χ1v) is 2.37. The van der Waals surface area contributed by atoms with Crippen molar-refractivity contribution < 1.29 is 61.3 Å². The zero-order valence-corrected chi connectivity index (χ0v) is 8.36. The molecule has 1 atom stereocenters. The van der Waals surface area contributed by atoms with Crippen LogP contribution in [0.5, 0.6) is 0 Å². The van der Waals surface area contributed by atoms with Crippen LogP contribution in [0.1, 0.15) is 0 Å². The van der Waals surface area contributed by atoms with Gasteiger partial charge in [0.25, 0.3) is 5.97 Å². The van der Waals surface area contributed by atoms with Crippen molar-refractivity contribution >= 4 is 5.97 Å². The zero-order chi connectivity index (χ0) is 5.98. The predicted molar refractivity (Wildman–Crippen MR) is 28.8 cm³/mol. The molecule has 9 heavy (non-hydrogen) atoms. The van der Waals surface area contributed by atoms with Crippen LogP contribution in [0.2, 0.25) is 0 Å². The summed E-state index contributed by atoms with van der Waals surface area (Å²) in [7, 11) is 0. The minimum absolute atomic E-state index is 0. The number of carboxylic acid groups (broad SMARTS) is 1. The molecule has 0 saturated heterocycles. The Morgan fingerprint density at radius 1 is 1.78 bits per heavy atom. The van der Waals surface area contributed by atoms with Crippen molar-refractivity contribution in [3.63, 3.8) is 0 Å². The van der Waals surface area contributed by atoms with Gasteiger partial charge in [-0.2, -0.15) is 0 Å². The van der Waals surface area contributed by atoms with E-state index in [0.717, 1.165) is 0 Å². The maximum Gasteiger partial charge on any atom is 1.00 e. The molecule has 4 heteroatoms. The summed E-state index contributed by atoms with van der Waals surface area (Å²) < 4.78 is 0. The molecule has 1 aliphatic rings. The van der Waals surface area contributed by atoms with Crippen LogP contribution in [-0.4, -0.2) is 23.7 Å². The van der Waals surface area contributed by atoms with Gasteiger partial charge in [0.1, 0.15) is 0 Å². The summed E-state index contributed by atoms with van der Waals surface area (Å²) in [4.78, 5) is 10.1. The van der Waals surface area contributed by atoms with Crippen LogP contribution in [0.25, 0.3) is 5.32 Å². The quantitative estimate of drug-likeness (QED) is 0.330. The monoisotopic (exact) mass is 151 g/mol. The second-order valence-corrected chi connectivity index (χ2v) is 1.58. The molecule has 0 bridgehead atoms. The number of hydrogen-bond donors (Lipinski definition) is 1. The van der Waals surface area contributed by atoms with E-state index in [2.05, 4.69) is 5.32 Å². The van der Waals surface area contributed by atoms with Crippen LogP contribution in [0.3, 0.4) is 0 Å². The number of nitrogens with zero attached hydrogens (tertiary/aromatic N) is 1. The molecule has 0 aromatic heterocycles. The third kappa shape index (κ3) is 2.93. The molecule has 1 N–H and O–H groups in total. The number of aliphatic carboxylic acids is 1. The molecule has 1 aliphatic heterocycles. The fourth-order valence-corrected chi connectivity index (χ4v) is 0.585. The van der Waals surface area contributed by atoms with Crippen molar-refractivity contribution in [2.45, 2.75) is 6.04 Å². The molecule has 0 spiro atoms. The Bertz CT molecular complexity index is 135. The van der Waals surface area contributed by atoms with Crippen molar-refractivity contribution in [1.82, 2.24) is 0 Å². The number of carboxylic acids is 1. The Balaban J connectivity index is 0.000000640. The molecule has 0 fully saturated rings. The molecule has 0 radical (unpaired) electrons. The van der Waals surface area contributed by atoms with Gasteiger partial charge in [0, 0.05) is 0 Å². The topological polar surface area (TPSA) is 51.4 Å². The predicted octanol–water partition coefficient (Wildman–Crippen LogP) is -2.61. The number of carbonyl (C=O) groups is 1. The molecule has 44 valence electrons. The Hall–Kier alpha value is 0.806.